The fraction of sp³-hybridized carbons (Fsp3) is 0.136. The van der Waals surface area contributed by atoms with E-state index in [2.05, 4.69) is 0 Å². The lowest BCUT2D eigenvalue weighted by molar-refractivity contribution is 0.218. The highest BCUT2D eigenvalue weighted by molar-refractivity contribution is 6.30. The SMILES string of the molecule is COc1ccc(-c2cn3cccc(OCCOc4ccc(Cl)cc4)c3n2)cc1N. The van der Waals surface area contributed by atoms with Gasteiger partial charge in [-0.3, -0.25) is 0 Å². The Morgan fingerprint density at radius 1 is 1.00 bits per heavy atom. The number of benzene rings is 2. The summed E-state index contributed by atoms with van der Waals surface area (Å²) in [6, 6.07) is 16.6. The molecule has 0 aliphatic rings. The maximum Gasteiger partial charge on any atom is 0.180 e. The molecule has 0 spiro atoms. The molecule has 0 fully saturated rings. The first kappa shape index (κ1) is 19.0. The number of aromatic nitrogens is 2. The zero-order valence-corrected chi connectivity index (χ0v) is 16.6. The Hall–Kier alpha value is -3.38. The van der Waals surface area contributed by atoms with E-state index in [4.69, 9.17) is 36.5 Å². The van der Waals surface area contributed by atoms with Gasteiger partial charge in [0.15, 0.2) is 11.4 Å². The number of pyridine rings is 1. The number of hydrogen-bond donors (Lipinski definition) is 1. The molecule has 2 heterocycles. The van der Waals surface area contributed by atoms with Gasteiger partial charge in [-0.15, -0.1) is 0 Å². The third-order valence-corrected chi connectivity index (χ3v) is 4.65. The first-order valence-electron chi connectivity index (χ1n) is 9.07. The van der Waals surface area contributed by atoms with Gasteiger partial charge >= 0.3 is 0 Å². The van der Waals surface area contributed by atoms with Crippen LogP contribution in [0.3, 0.4) is 0 Å². The summed E-state index contributed by atoms with van der Waals surface area (Å²) in [4.78, 5) is 4.71. The van der Waals surface area contributed by atoms with Crippen molar-refractivity contribution in [2.24, 2.45) is 0 Å². The predicted octanol–water partition coefficient (Wildman–Crippen LogP) is 4.70. The van der Waals surface area contributed by atoms with Crippen LogP contribution in [0.5, 0.6) is 17.2 Å². The Morgan fingerprint density at radius 2 is 1.79 bits per heavy atom. The predicted molar refractivity (Wildman–Crippen MR) is 114 cm³/mol. The molecule has 0 amide bonds. The average Bonchev–Trinajstić information content (AvgIpc) is 3.17. The molecular weight excluding hydrogens is 390 g/mol. The van der Waals surface area contributed by atoms with Crippen LogP contribution in [0.2, 0.25) is 5.02 Å². The van der Waals surface area contributed by atoms with E-state index in [0.29, 0.717) is 35.4 Å². The van der Waals surface area contributed by atoms with Gasteiger partial charge in [-0.1, -0.05) is 11.6 Å². The van der Waals surface area contributed by atoms with E-state index >= 15 is 0 Å². The standard InChI is InChI=1S/C22H20ClN3O3/c1-27-20-9-4-15(13-18(20)24)19-14-26-10-2-3-21(22(26)25-19)29-12-11-28-17-7-5-16(23)6-8-17/h2-10,13-14H,11-12,24H2,1H3. The monoisotopic (exact) mass is 409 g/mol. The van der Waals surface area contributed by atoms with Crippen LogP contribution >= 0.6 is 11.6 Å². The summed E-state index contributed by atoms with van der Waals surface area (Å²) in [6.07, 6.45) is 3.86. The summed E-state index contributed by atoms with van der Waals surface area (Å²) in [5, 5.41) is 0.675. The van der Waals surface area contributed by atoms with Crippen LogP contribution in [0.25, 0.3) is 16.9 Å². The van der Waals surface area contributed by atoms with E-state index in [0.717, 1.165) is 22.7 Å². The van der Waals surface area contributed by atoms with Crippen molar-refractivity contribution in [3.05, 3.63) is 72.0 Å². The number of nitrogen functional groups attached to an aromatic ring is 1. The second-order valence-electron chi connectivity index (χ2n) is 6.34. The molecule has 0 atom stereocenters. The van der Waals surface area contributed by atoms with Crippen LogP contribution < -0.4 is 19.9 Å². The third-order valence-electron chi connectivity index (χ3n) is 4.40. The van der Waals surface area contributed by atoms with Crippen LogP contribution in [0.15, 0.2) is 67.0 Å². The van der Waals surface area contributed by atoms with Gasteiger partial charge in [-0.05, 0) is 54.6 Å². The van der Waals surface area contributed by atoms with Gasteiger partial charge in [-0.25, -0.2) is 4.98 Å². The van der Waals surface area contributed by atoms with Crippen LogP contribution in [0, 0.1) is 0 Å². The average molecular weight is 410 g/mol. The highest BCUT2D eigenvalue weighted by Crippen LogP contribution is 2.29. The number of fused-ring (bicyclic) bond motifs is 1. The summed E-state index contributed by atoms with van der Waals surface area (Å²) in [5.41, 5.74) is 9.02. The van der Waals surface area contributed by atoms with Gasteiger partial charge in [0.05, 0.1) is 18.5 Å². The van der Waals surface area contributed by atoms with E-state index in [1.807, 2.05) is 59.3 Å². The van der Waals surface area contributed by atoms with Crippen molar-refractivity contribution < 1.29 is 14.2 Å². The van der Waals surface area contributed by atoms with E-state index in [1.165, 1.54) is 0 Å². The molecule has 2 N–H and O–H groups in total. The van der Waals surface area contributed by atoms with Crippen LogP contribution in [0.4, 0.5) is 5.69 Å². The highest BCUT2D eigenvalue weighted by atomic mass is 35.5. The van der Waals surface area contributed by atoms with Crippen molar-refractivity contribution in [2.45, 2.75) is 0 Å². The zero-order chi connectivity index (χ0) is 20.2. The molecule has 0 saturated heterocycles. The molecule has 4 aromatic rings. The molecule has 2 aromatic carbocycles. The largest absolute Gasteiger partial charge is 0.495 e. The molecule has 0 saturated carbocycles. The van der Waals surface area contributed by atoms with Crippen molar-refractivity contribution >= 4 is 22.9 Å². The van der Waals surface area contributed by atoms with Gasteiger partial charge in [0.2, 0.25) is 0 Å². The van der Waals surface area contributed by atoms with E-state index in [-0.39, 0.29) is 0 Å². The second-order valence-corrected chi connectivity index (χ2v) is 6.77. The Bertz CT molecular complexity index is 1130. The highest BCUT2D eigenvalue weighted by Gasteiger charge is 2.11. The maximum absolute atomic E-state index is 6.03. The first-order valence-corrected chi connectivity index (χ1v) is 9.44. The van der Waals surface area contributed by atoms with E-state index in [1.54, 1.807) is 19.2 Å². The quantitative estimate of drug-likeness (QED) is 0.354. The molecule has 29 heavy (non-hydrogen) atoms. The number of ether oxygens (including phenoxy) is 3. The number of anilines is 1. The summed E-state index contributed by atoms with van der Waals surface area (Å²) in [5.74, 6) is 2.07. The van der Waals surface area contributed by atoms with Crippen molar-refractivity contribution in [2.75, 3.05) is 26.1 Å². The number of methoxy groups -OCH3 is 1. The lowest BCUT2D eigenvalue weighted by Gasteiger charge is -2.09. The molecule has 0 bridgehead atoms. The van der Waals surface area contributed by atoms with Gasteiger partial charge < -0.3 is 24.3 Å². The molecular formula is C22H20ClN3O3. The summed E-state index contributed by atoms with van der Waals surface area (Å²) in [6.45, 7) is 0.797. The number of nitrogens with zero attached hydrogens (tertiary/aromatic N) is 2. The zero-order valence-electron chi connectivity index (χ0n) is 15.8. The third kappa shape index (κ3) is 4.22. The van der Waals surface area contributed by atoms with Crippen molar-refractivity contribution in [3.63, 3.8) is 0 Å². The number of hydrogen-bond acceptors (Lipinski definition) is 5. The number of halogens is 1. The summed E-state index contributed by atoms with van der Waals surface area (Å²) in [7, 11) is 1.59. The molecule has 4 rings (SSSR count). The van der Waals surface area contributed by atoms with Crippen molar-refractivity contribution in [1.29, 1.82) is 0 Å². The van der Waals surface area contributed by atoms with Crippen molar-refractivity contribution in [3.8, 4) is 28.5 Å². The van der Waals surface area contributed by atoms with Gasteiger partial charge in [0, 0.05) is 23.0 Å². The molecule has 148 valence electrons. The molecule has 0 radical (unpaired) electrons. The van der Waals surface area contributed by atoms with Crippen molar-refractivity contribution in [1.82, 2.24) is 9.38 Å². The fourth-order valence-electron chi connectivity index (χ4n) is 2.97. The lowest BCUT2D eigenvalue weighted by Crippen LogP contribution is -2.09. The molecule has 0 aliphatic carbocycles. The number of imidazole rings is 1. The van der Waals surface area contributed by atoms with Crippen LogP contribution in [-0.2, 0) is 0 Å². The Balaban J connectivity index is 1.47. The minimum Gasteiger partial charge on any atom is -0.495 e. The molecule has 0 unspecified atom stereocenters. The van der Waals surface area contributed by atoms with Crippen LogP contribution in [0.1, 0.15) is 0 Å². The van der Waals surface area contributed by atoms with Crippen LogP contribution in [-0.4, -0.2) is 29.7 Å². The van der Waals surface area contributed by atoms with Gasteiger partial charge in [0.25, 0.3) is 0 Å². The smallest absolute Gasteiger partial charge is 0.180 e. The Kier molecular flexibility index (Phi) is 5.44. The molecule has 2 aromatic heterocycles. The Morgan fingerprint density at radius 3 is 2.55 bits per heavy atom. The number of nitrogens with two attached hydrogens (primary N) is 1. The first-order chi connectivity index (χ1) is 14.1. The second kappa shape index (κ2) is 8.32. The maximum atomic E-state index is 6.03. The minimum absolute atomic E-state index is 0.389. The minimum atomic E-state index is 0.389. The summed E-state index contributed by atoms with van der Waals surface area (Å²) < 4.78 is 18.7. The number of rotatable bonds is 7. The van der Waals surface area contributed by atoms with Gasteiger partial charge in [-0.2, -0.15) is 0 Å². The lowest BCUT2D eigenvalue weighted by atomic mass is 10.1. The molecule has 6 nitrogen and oxygen atoms in total. The van der Waals surface area contributed by atoms with E-state index < -0.39 is 0 Å². The normalized spacial score (nSPS) is 10.8. The summed E-state index contributed by atoms with van der Waals surface area (Å²) >= 11 is 5.88. The molecule has 0 aliphatic heterocycles. The molecule has 7 heteroatoms. The van der Waals surface area contributed by atoms with Gasteiger partial charge in [0.1, 0.15) is 24.7 Å². The Labute approximate surface area is 173 Å². The topological polar surface area (TPSA) is 71.0 Å². The fourth-order valence-corrected chi connectivity index (χ4v) is 3.10. The van der Waals surface area contributed by atoms with E-state index in [9.17, 15) is 0 Å².